The van der Waals surface area contributed by atoms with Crippen LogP contribution in [0.5, 0.6) is 0 Å². The fraction of sp³-hybridized carbons (Fsp3) is 0.200. The highest BCUT2D eigenvalue weighted by molar-refractivity contribution is 7.86. The molecule has 0 radical (unpaired) electrons. The highest BCUT2D eigenvalue weighted by atomic mass is 32.2. The van der Waals surface area contributed by atoms with Crippen molar-refractivity contribution in [3.63, 3.8) is 0 Å². The van der Waals surface area contributed by atoms with Gasteiger partial charge in [0.05, 0.1) is 12.8 Å². The molecule has 1 aromatic carbocycles. The highest BCUT2D eigenvalue weighted by Gasteiger charge is 2.53. The Labute approximate surface area is 103 Å². The predicted molar refractivity (Wildman–Crippen MR) is 57.2 cm³/mol. The van der Waals surface area contributed by atoms with Crippen molar-refractivity contribution in [1.29, 1.82) is 0 Å². The fourth-order valence-corrected chi connectivity index (χ4v) is 2.58. The zero-order valence-electron chi connectivity index (χ0n) is 9.07. The lowest BCUT2D eigenvalue weighted by Crippen LogP contribution is -2.51. The summed E-state index contributed by atoms with van der Waals surface area (Å²) in [5.74, 6) is -1.70. The van der Waals surface area contributed by atoms with Crippen LogP contribution < -0.4 is 4.65 Å². The second kappa shape index (κ2) is 3.95. The van der Waals surface area contributed by atoms with E-state index in [1.807, 2.05) is 0 Å². The lowest BCUT2D eigenvalue weighted by atomic mass is 10.3. The topological polar surface area (TPSA) is 112 Å². The zero-order chi connectivity index (χ0) is 13.6. The third-order valence-electron chi connectivity index (χ3n) is 2.76. The first-order chi connectivity index (χ1) is 8.28. The Balaban J connectivity index is 2.73. The number of quaternary nitrogens is 1. The number of nitrogens with zero attached hydrogens (tertiary/aromatic N) is 1. The van der Waals surface area contributed by atoms with Crippen LogP contribution in [0.3, 0.4) is 0 Å². The van der Waals surface area contributed by atoms with E-state index in [1.54, 1.807) is 0 Å². The summed E-state index contributed by atoms with van der Waals surface area (Å²) in [6, 6.07) is 4.63. The van der Waals surface area contributed by atoms with Crippen molar-refractivity contribution < 1.29 is 27.8 Å². The second-order valence-electron chi connectivity index (χ2n) is 3.84. The summed E-state index contributed by atoms with van der Waals surface area (Å²) in [6.45, 7) is 0. The molecule has 1 aliphatic heterocycles. The Bertz CT molecular complexity index is 620. The number of carbonyl (C=O) groups excluding carboxylic acids is 2. The van der Waals surface area contributed by atoms with Crippen molar-refractivity contribution in [2.75, 3.05) is 0 Å². The van der Waals surface area contributed by atoms with Gasteiger partial charge in [0.15, 0.2) is 5.69 Å². The number of hydrogen-bond acceptors (Lipinski definition) is 6. The van der Waals surface area contributed by atoms with Gasteiger partial charge >= 0.3 is 11.8 Å². The van der Waals surface area contributed by atoms with Crippen molar-refractivity contribution in [1.82, 2.24) is 4.65 Å². The Morgan fingerprint density at radius 3 is 2.11 bits per heavy atom. The van der Waals surface area contributed by atoms with E-state index in [2.05, 4.69) is 0 Å². The average Bonchev–Trinajstić information content (AvgIpc) is 2.57. The number of benzene rings is 1. The highest BCUT2D eigenvalue weighted by Crippen LogP contribution is 2.34. The summed E-state index contributed by atoms with van der Waals surface area (Å²) < 4.78 is 31.4. The van der Waals surface area contributed by atoms with Gasteiger partial charge < -0.3 is 4.55 Å². The molecule has 0 aromatic heterocycles. The molecule has 18 heavy (non-hydrogen) atoms. The van der Waals surface area contributed by atoms with Gasteiger partial charge in [0.25, 0.3) is 0 Å². The standard InChI is InChI=1S/C10H9NO6S/c12-9-5-6-10(13)11(9,14)7-3-1-2-4-8(7)18(15,16)17/h1-4,14H,5-6H2. The van der Waals surface area contributed by atoms with E-state index < -0.39 is 37.2 Å². The van der Waals surface area contributed by atoms with E-state index in [0.717, 1.165) is 12.1 Å². The molecular formula is C10H9NO6S. The SMILES string of the molecule is O=C1CCC(=O)[N+]1(O)c1ccccc1S(=O)(=O)[O-]. The molecule has 0 atom stereocenters. The minimum absolute atomic E-state index is 0.192. The van der Waals surface area contributed by atoms with E-state index in [9.17, 15) is 27.8 Å². The normalized spacial score (nSPS) is 19.2. The molecular weight excluding hydrogens is 262 g/mol. The minimum atomic E-state index is -4.89. The molecule has 0 aliphatic carbocycles. The molecule has 7 nitrogen and oxygen atoms in total. The monoisotopic (exact) mass is 271 g/mol. The lowest BCUT2D eigenvalue weighted by molar-refractivity contribution is -0.168. The molecule has 1 N–H and O–H groups in total. The molecule has 96 valence electrons. The summed E-state index contributed by atoms with van der Waals surface area (Å²) in [5, 5.41) is 10.1. The number of hydrogen-bond donors (Lipinski definition) is 1. The van der Waals surface area contributed by atoms with Crippen molar-refractivity contribution >= 4 is 27.6 Å². The second-order valence-corrected chi connectivity index (χ2v) is 5.19. The van der Waals surface area contributed by atoms with Crippen molar-refractivity contribution in [3.8, 4) is 0 Å². The first-order valence-corrected chi connectivity index (χ1v) is 6.43. The van der Waals surface area contributed by atoms with Gasteiger partial charge in [0.1, 0.15) is 15.0 Å². The van der Waals surface area contributed by atoms with Crippen molar-refractivity contribution in [2.24, 2.45) is 0 Å². The molecule has 0 saturated carbocycles. The van der Waals surface area contributed by atoms with E-state index in [-0.39, 0.29) is 12.8 Å². The van der Waals surface area contributed by atoms with Crippen LogP contribution >= 0.6 is 0 Å². The molecule has 1 aliphatic rings. The Kier molecular flexibility index (Phi) is 2.82. The first-order valence-electron chi connectivity index (χ1n) is 5.02. The number of carbonyl (C=O) groups is 2. The van der Waals surface area contributed by atoms with Crippen LogP contribution in [-0.4, -0.2) is 30.0 Å². The van der Waals surface area contributed by atoms with Gasteiger partial charge in [0, 0.05) is 6.07 Å². The maximum atomic E-state index is 11.6. The summed E-state index contributed by atoms with van der Waals surface area (Å²) in [6.07, 6.45) is -0.384. The van der Waals surface area contributed by atoms with Crippen LogP contribution in [0.15, 0.2) is 29.2 Å². The maximum Gasteiger partial charge on any atom is 0.359 e. The summed E-state index contributed by atoms with van der Waals surface area (Å²) in [5.41, 5.74) is -0.514. The summed E-state index contributed by atoms with van der Waals surface area (Å²) in [4.78, 5) is 22.4. The number of hydroxylamine groups is 2. The Morgan fingerprint density at radius 1 is 1.11 bits per heavy atom. The Morgan fingerprint density at radius 2 is 1.61 bits per heavy atom. The average molecular weight is 271 g/mol. The van der Waals surface area contributed by atoms with E-state index in [1.165, 1.54) is 12.1 Å². The van der Waals surface area contributed by atoms with Gasteiger partial charge in [-0.1, -0.05) is 12.1 Å². The molecule has 0 spiro atoms. The smallest absolute Gasteiger partial charge is 0.359 e. The van der Waals surface area contributed by atoms with Crippen molar-refractivity contribution in [3.05, 3.63) is 24.3 Å². The molecule has 0 unspecified atom stereocenters. The first kappa shape index (κ1) is 12.8. The fourth-order valence-electron chi connectivity index (χ4n) is 1.88. The molecule has 1 fully saturated rings. The van der Waals surface area contributed by atoms with Crippen LogP contribution in [0.4, 0.5) is 5.69 Å². The molecule has 8 heteroatoms. The molecule has 2 amide bonds. The molecule has 1 saturated heterocycles. The molecule has 0 bridgehead atoms. The molecule has 1 heterocycles. The predicted octanol–water partition coefficient (Wildman–Crippen LogP) is 0.134. The molecule has 1 aromatic rings. The number of rotatable bonds is 2. The number of imide groups is 1. The van der Waals surface area contributed by atoms with Gasteiger partial charge in [0.2, 0.25) is 0 Å². The van der Waals surface area contributed by atoms with Crippen molar-refractivity contribution in [2.45, 2.75) is 17.7 Å². The van der Waals surface area contributed by atoms with Crippen LogP contribution in [-0.2, 0) is 19.7 Å². The Hall–Kier alpha value is -1.61. The van der Waals surface area contributed by atoms with Crippen LogP contribution in [0.2, 0.25) is 0 Å². The maximum absolute atomic E-state index is 11.6. The number of amides is 2. The van der Waals surface area contributed by atoms with E-state index in [0.29, 0.717) is 0 Å². The van der Waals surface area contributed by atoms with Crippen LogP contribution in [0.1, 0.15) is 12.8 Å². The summed E-state index contributed by atoms with van der Waals surface area (Å²) >= 11 is 0. The third-order valence-corrected chi connectivity index (χ3v) is 3.64. The van der Waals surface area contributed by atoms with Gasteiger partial charge in [-0.2, -0.15) is 5.21 Å². The quantitative estimate of drug-likeness (QED) is 0.354. The molecule has 2 rings (SSSR count). The van der Waals surface area contributed by atoms with Crippen LogP contribution in [0, 0.1) is 0 Å². The van der Waals surface area contributed by atoms with Gasteiger partial charge in [-0.25, -0.2) is 18.0 Å². The van der Waals surface area contributed by atoms with Crippen LogP contribution in [0.25, 0.3) is 0 Å². The van der Waals surface area contributed by atoms with Gasteiger partial charge in [-0.3, -0.25) is 0 Å². The van der Waals surface area contributed by atoms with Gasteiger partial charge in [-0.05, 0) is 10.7 Å². The lowest BCUT2D eigenvalue weighted by Gasteiger charge is -2.22. The minimum Gasteiger partial charge on any atom is -0.744 e. The third kappa shape index (κ3) is 1.75. The number of para-hydroxylation sites is 1. The van der Waals surface area contributed by atoms with E-state index >= 15 is 0 Å². The summed E-state index contributed by atoms with van der Waals surface area (Å²) in [7, 11) is -4.89. The van der Waals surface area contributed by atoms with Gasteiger partial charge in [-0.15, -0.1) is 0 Å². The largest absolute Gasteiger partial charge is 0.744 e. The van der Waals surface area contributed by atoms with E-state index in [4.69, 9.17) is 0 Å². The zero-order valence-corrected chi connectivity index (χ0v) is 9.88.